The van der Waals surface area contributed by atoms with E-state index in [1.807, 2.05) is 24.0 Å². The second kappa shape index (κ2) is 4.13. The molecule has 0 aliphatic carbocycles. The third kappa shape index (κ3) is 1.98. The Morgan fingerprint density at radius 3 is 3.14 bits per heavy atom. The molecule has 14 heavy (non-hydrogen) atoms. The lowest BCUT2D eigenvalue weighted by Gasteiger charge is -2.30. The number of carbonyl (C=O) groups excluding carboxylic acids is 1. The van der Waals surface area contributed by atoms with Gasteiger partial charge in [0.05, 0.1) is 0 Å². The molecule has 0 aromatic carbocycles. The Kier molecular flexibility index (Phi) is 2.87. The predicted molar refractivity (Wildman–Crippen MR) is 55.9 cm³/mol. The van der Waals surface area contributed by atoms with Gasteiger partial charge in [0.15, 0.2) is 0 Å². The van der Waals surface area contributed by atoms with E-state index in [1.54, 1.807) is 0 Å². The van der Waals surface area contributed by atoms with Crippen molar-refractivity contribution in [3.63, 3.8) is 0 Å². The Morgan fingerprint density at radius 1 is 1.57 bits per heavy atom. The predicted octanol–water partition coefficient (Wildman–Crippen LogP) is 0.773. The number of allylic oxidation sites excluding steroid dienone is 1. The number of fused-ring (bicyclic) bond motifs is 2. The first-order valence-corrected chi connectivity index (χ1v) is 5.42. The molecular formula is C11H18N2O. The van der Waals surface area contributed by atoms with E-state index in [1.165, 1.54) is 6.42 Å². The van der Waals surface area contributed by atoms with Gasteiger partial charge in [0.1, 0.15) is 0 Å². The van der Waals surface area contributed by atoms with Gasteiger partial charge in [-0.05, 0) is 19.3 Å². The van der Waals surface area contributed by atoms with E-state index in [2.05, 4.69) is 5.32 Å². The number of amides is 1. The van der Waals surface area contributed by atoms with Crippen molar-refractivity contribution in [1.29, 1.82) is 0 Å². The van der Waals surface area contributed by atoms with Crippen LogP contribution in [-0.2, 0) is 4.79 Å². The van der Waals surface area contributed by atoms with Gasteiger partial charge in [0, 0.05) is 32.1 Å². The molecule has 2 rings (SSSR count). The molecule has 2 aliphatic heterocycles. The van der Waals surface area contributed by atoms with Crippen LogP contribution in [0.15, 0.2) is 12.2 Å². The van der Waals surface area contributed by atoms with Crippen molar-refractivity contribution in [2.75, 3.05) is 19.6 Å². The van der Waals surface area contributed by atoms with Gasteiger partial charge in [0.2, 0.25) is 5.91 Å². The van der Waals surface area contributed by atoms with Crippen LogP contribution in [0.5, 0.6) is 0 Å². The van der Waals surface area contributed by atoms with E-state index in [4.69, 9.17) is 0 Å². The van der Waals surface area contributed by atoms with Crippen molar-refractivity contribution in [3.05, 3.63) is 12.2 Å². The maximum Gasteiger partial charge on any atom is 0.226 e. The molecule has 78 valence electrons. The van der Waals surface area contributed by atoms with Crippen LogP contribution in [0.3, 0.4) is 0 Å². The molecule has 2 aliphatic rings. The summed E-state index contributed by atoms with van der Waals surface area (Å²) >= 11 is 0. The summed E-state index contributed by atoms with van der Waals surface area (Å²) < 4.78 is 0. The minimum Gasteiger partial charge on any atom is -0.341 e. The summed E-state index contributed by atoms with van der Waals surface area (Å²) in [5.41, 5.74) is 0. The fraction of sp³-hybridized carbons (Fsp3) is 0.727. The number of rotatable bonds is 2. The van der Waals surface area contributed by atoms with Crippen LogP contribution < -0.4 is 5.32 Å². The van der Waals surface area contributed by atoms with Crippen molar-refractivity contribution >= 4 is 5.91 Å². The topological polar surface area (TPSA) is 32.3 Å². The Morgan fingerprint density at radius 2 is 2.43 bits per heavy atom. The van der Waals surface area contributed by atoms with Crippen LogP contribution >= 0.6 is 0 Å². The summed E-state index contributed by atoms with van der Waals surface area (Å²) in [4.78, 5) is 13.7. The number of nitrogens with one attached hydrogen (secondary N) is 1. The van der Waals surface area contributed by atoms with Gasteiger partial charge >= 0.3 is 0 Å². The van der Waals surface area contributed by atoms with Crippen LogP contribution in [0.25, 0.3) is 0 Å². The third-order valence-corrected chi connectivity index (χ3v) is 3.11. The van der Waals surface area contributed by atoms with Crippen molar-refractivity contribution < 1.29 is 4.79 Å². The first-order valence-electron chi connectivity index (χ1n) is 5.42. The van der Waals surface area contributed by atoms with E-state index in [0.717, 1.165) is 19.6 Å². The number of nitrogens with zero attached hydrogens (tertiary/aromatic N) is 1. The molecule has 3 heteroatoms. The van der Waals surface area contributed by atoms with Gasteiger partial charge in [-0.3, -0.25) is 4.79 Å². The van der Waals surface area contributed by atoms with E-state index >= 15 is 0 Å². The van der Waals surface area contributed by atoms with Gasteiger partial charge in [-0.2, -0.15) is 0 Å². The van der Waals surface area contributed by atoms with E-state index in [9.17, 15) is 4.79 Å². The normalized spacial score (nSPS) is 31.4. The Labute approximate surface area is 85.2 Å². The summed E-state index contributed by atoms with van der Waals surface area (Å²) in [6.07, 6.45) is 5.70. The van der Waals surface area contributed by atoms with Crippen LogP contribution in [0.4, 0.5) is 0 Å². The van der Waals surface area contributed by atoms with Crippen LogP contribution in [0, 0.1) is 5.92 Å². The fourth-order valence-corrected chi connectivity index (χ4v) is 2.38. The summed E-state index contributed by atoms with van der Waals surface area (Å²) in [5, 5.41) is 3.45. The lowest BCUT2D eigenvalue weighted by Crippen LogP contribution is -2.44. The van der Waals surface area contributed by atoms with Crippen molar-refractivity contribution in [2.24, 2.45) is 5.92 Å². The SMILES string of the molecule is C/C=C/CC(=O)N1C[C@@H]2CN[C@@H](C2)C1. The molecule has 0 spiro atoms. The molecule has 2 heterocycles. The number of carbonyl (C=O) groups is 1. The second-order valence-electron chi connectivity index (χ2n) is 4.28. The Bertz CT molecular complexity index is 238. The quantitative estimate of drug-likeness (QED) is 0.659. The largest absolute Gasteiger partial charge is 0.341 e. The summed E-state index contributed by atoms with van der Waals surface area (Å²) in [6, 6.07) is 0.559. The fourth-order valence-electron chi connectivity index (χ4n) is 2.38. The van der Waals surface area contributed by atoms with Gasteiger partial charge in [-0.1, -0.05) is 12.2 Å². The molecule has 0 aromatic heterocycles. The van der Waals surface area contributed by atoms with E-state index in [-0.39, 0.29) is 5.91 Å². The zero-order valence-electron chi connectivity index (χ0n) is 8.70. The van der Waals surface area contributed by atoms with E-state index < -0.39 is 0 Å². The molecule has 1 amide bonds. The van der Waals surface area contributed by atoms with Crippen LogP contribution in [0.1, 0.15) is 19.8 Å². The van der Waals surface area contributed by atoms with Gasteiger partial charge < -0.3 is 10.2 Å². The molecule has 0 radical (unpaired) electrons. The zero-order chi connectivity index (χ0) is 9.97. The highest BCUT2D eigenvalue weighted by molar-refractivity contribution is 5.77. The van der Waals surface area contributed by atoms with Crippen molar-refractivity contribution in [3.8, 4) is 0 Å². The summed E-state index contributed by atoms with van der Waals surface area (Å²) in [5.74, 6) is 0.977. The lowest BCUT2D eigenvalue weighted by molar-refractivity contribution is -0.131. The molecular weight excluding hydrogens is 176 g/mol. The molecule has 0 unspecified atom stereocenters. The maximum absolute atomic E-state index is 11.7. The summed E-state index contributed by atoms with van der Waals surface area (Å²) in [6.45, 7) is 4.92. The highest BCUT2D eigenvalue weighted by Crippen LogP contribution is 2.22. The molecule has 2 fully saturated rings. The monoisotopic (exact) mass is 194 g/mol. The molecule has 3 nitrogen and oxygen atoms in total. The number of hydrogen-bond donors (Lipinski definition) is 1. The van der Waals surface area contributed by atoms with Gasteiger partial charge in [-0.15, -0.1) is 0 Å². The second-order valence-corrected chi connectivity index (χ2v) is 4.28. The number of hydrogen-bond acceptors (Lipinski definition) is 2. The minimum absolute atomic E-state index is 0.279. The average molecular weight is 194 g/mol. The number of piperidine rings is 1. The molecule has 0 saturated carbocycles. The lowest BCUT2D eigenvalue weighted by atomic mass is 10.00. The first kappa shape index (κ1) is 9.71. The standard InChI is InChI=1S/C11H18N2O/c1-2-3-4-11(14)13-7-9-5-10(8-13)12-6-9/h2-3,9-10,12H,4-8H2,1H3/b3-2+/t9-,10-/m0/s1. The number of likely N-dealkylation sites (tertiary alicyclic amines) is 1. The van der Waals surface area contributed by atoms with Crippen molar-refractivity contribution in [1.82, 2.24) is 10.2 Å². The minimum atomic E-state index is 0.279. The third-order valence-electron chi connectivity index (χ3n) is 3.11. The molecule has 1 N–H and O–H groups in total. The van der Waals surface area contributed by atoms with Gasteiger partial charge in [0.25, 0.3) is 0 Å². The van der Waals surface area contributed by atoms with Crippen LogP contribution in [-0.4, -0.2) is 36.5 Å². The maximum atomic E-state index is 11.7. The first-order chi connectivity index (χ1) is 6.79. The molecule has 2 saturated heterocycles. The molecule has 2 atom stereocenters. The highest BCUT2D eigenvalue weighted by Gasteiger charge is 2.33. The molecule has 0 aromatic rings. The Balaban J connectivity index is 1.89. The summed E-state index contributed by atoms with van der Waals surface area (Å²) in [7, 11) is 0. The average Bonchev–Trinajstić information content (AvgIpc) is 2.54. The van der Waals surface area contributed by atoms with E-state index in [0.29, 0.717) is 18.4 Å². The smallest absolute Gasteiger partial charge is 0.226 e. The molecule has 2 bridgehead atoms. The highest BCUT2D eigenvalue weighted by atomic mass is 16.2. The van der Waals surface area contributed by atoms with Crippen molar-refractivity contribution in [2.45, 2.75) is 25.8 Å². The zero-order valence-corrected chi connectivity index (χ0v) is 8.70. The Hall–Kier alpha value is -0.830. The van der Waals surface area contributed by atoms with Gasteiger partial charge in [-0.25, -0.2) is 0 Å². The van der Waals surface area contributed by atoms with Crippen LogP contribution in [0.2, 0.25) is 0 Å².